The molecule has 99 heavy (non-hydrogen) atoms. The third-order valence-corrected chi connectivity index (χ3v) is 20.9. The average Bonchev–Trinajstić information content (AvgIpc) is 0.986. The molecular formula is C80H156O17P2. The molecule has 0 fully saturated rings. The van der Waals surface area contributed by atoms with Gasteiger partial charge in [0.2, 0.25) is 0 Å². The van der Waals surface area contributed by atoms with Crippen LogP contribution in [0.2, 0.25) is 0 Å². The third-order valence-electron chi connectivity index (χ3n) is 19.0. The fourth-order valence-electron chi connectivity index (χ4n) is 12.3. The first-order valence-electron chi connectivity index (χ1n) is 41.4. The average molecular weight is 1450 g/mol. The monoisotopic (exact) mass is 1450 g/mol. The molecule has 0 bridgehead atoms. The van der Waals surface area contributed by atoms with Crippen molar-refractivity contribution in [1.82, 2.24) is 0 Å². The first-order valence-corrected chi connectivity index (χ1v) is 44.4. The van der Waals surface area contributed by atoms with Crippen molar-refractivity contribution in [3.8, 4) is 0 Å². The Kier molecular flexibility index (Phi) is 69.0. The summed E-state index contributed by atoms with van der Waals surface area (Å²) in [5.41, 5.74) is 0. The molecule has 588 valence electrons. The standard InChI is InChI=1S/C80H156O17P2/c1-8-10-11-12-13-14-15-16-17-18-19-20-25-35-42-49-56-63-79(84)96-75(67-90-77(82)61-54-47-40-33-24-22-21-23-30-37-44-51-58-71(3)4)69-94-98(86,87)92-65-74(81)66-93-99(88,89)95-70-76(68-91-78(83)62-55-48-41-34-28-26-31-38-45-52-59-72(5)6)97-80(85)64-57-50-43-36-29-27-32-39-46-53-60-73(7)9-2/h71-76,81H,8-70H2,1-7H3,(H,86,87)(H,88,89)/t73?,74-,75-,76-/m1/s1. The molecule has 0 aromatic rings. The molecule has 0 saturated carbocycles. The zero-order chi connectivity index (χ0) is 73.0. The largest absolute Gasteiger partial charge is 0.472 e. The summed E-state index contributed by atoms with van der Waals surface area (Å²) in [4.78, 5) is 73.0. The minimum absolute atomic E-state index is 0.106. The lowest BCUT2D eigenvalue weighted by Gasteiger charge is -2.21. The van der Waals surface area contributed by atoms with Gasteiger partial charge in [-0.15, -0.1) is 0 Å². The van der Waals surface area contributed by atoms with Crippen LogP contribution in [0.3, 0.4) is 0 Å². The van der Waals surface area contributed by atoms with E-state index in [-0.39, 0.29) is 25.7 Å². The lowest BCUT2D eigenvalue weighted by molar-refractivity contribution is -0.161. The number of carbonyl (C=O) groups is 4. The van der Waals surface area contributed by atoms with E-state index in [4.69, 9.17) is 37.0 Å². The summed E-state index contributed by atoms with van der Waals surface area (Å²) in [5.74, 6) is 0.233. The number of aliphatic hydroxyl groups is 1. The van der Waals surface area contributed by atoms with Gasteiger partial charge in [0, 0.05) is 25.7 Å². The molecule has 3 unspecified atom stereocenters. The van der Waals surface area contributed by atoms with Crippen LogP contribution in [-0.2, 0) is 65.4 Å². The van der Waals surface area contributed by atoms with Crippen LogP contribution in [0.4, 0.5) is 0 Å². The van der Waals surface area contributed by atoms with Gasteiger partial charge in [0.25, 0.3) is 0 Å². The van der Waals surface area contributed by atoms with Crippen LogP contribution in [0.15, 0.2) is 0 Å². The van der Waals surface area contributed by atoms with Crippen molar-refractivity contribution in [3.63, 3.8) is 0 Å². The van der Waals surface area contributed by atoms with E-state index in [0.29, 0.717) is 25.7 Å². The third kappa shape index (κ3) is 72.8. The van der Waals surface area contributed by atoms with Gasteiger partial charge in [0.15, 0.2) is 12.2 Å². The molecule has 0 aromatic heterocycles. The molecule has 0 heterocycles. The Labute approximate surface area is 607 Å². The molecule has 0 aromatic carbocycles. The Morgan fingerprint density at radius 1 is 0.293 bits per heavy atom. The lowest BCUT2D eigenvalue weighted by atomic mass is 9.99. The number of rotatable bonds is 78. The van der Waals surface area contributed by atoms with E-state index in [9.17, 15) is 43.2 Å². The minimum atomic E-state index is -4.96. The minimum Gasteiger partial charge on any atom is -0.462 e. The number of carbonyl (C=O) groups excluding carboxylic acids is 4. The van der Waals surface area contributed by atoms with Crippen LogP contribution in [0, 0.1) is 17.8 Å². The summed E-state index contributed by atoms with van der Waals surface area (Å²) in [5, 5.41) is 10.6. The highest BCUT2D eigenvalue weighted by molar-refractivity contribution is 7.47. The summed E-state index contributed by atoms with van der Waals surface area (Å²) >= 11 is 0. The predicted molar refractivity (Wildman–Crippen MR) is 405 cm³/mol. The highest BCUT2D eigenvalue weighted by Gasteiger charge is 2.30. The zero-order valence-corrected chi connectivity index (χ0v) is 66.8. The van der Waals surface area contributed by atoms with Crippen LogP contribution in [0.5, 0.6) is 0 Å². The molecule has 0 aliphatic carbocycles. The Morgan fingerprint density at radius 2 is 0.515 bits per heavy atom. The van der Waals surface area contributed by atoms with E-state index in [1.54, 1.807) is 0 Å². The number of unbranched alkanes of at least 4 members (excludes halogenated alkanes) is 45. The summed E-state index contributed by atoms with van der Waals surface area (Å²) in [7, 11) is -9.92. The predicted octanol–water partition coefficient (Wildman–Crippen LogP) is 23.7. The number of phosphoric acid groups is 2. The van der Waals surface area contributed by atoms with Crippen molar-refractivity contribution in [2.24, 2.45) is 17.8 Å². The molecule has 0 amide bonds. The number of hydrogen-bond donors (Lipinski definition) is 3. The Balaban J connectivity index is 5.28. The fourth-order valence-corrected chi connectivity index (χ4v) is 13.9. The number of phosphoric ester groups is 2. The van der Waals surface area contributed by atoms with Crippen molar-refractivity contribution in [2.75, 3.05) is 39.6 Å². The quantitative estimate of drug-likeness (QED) is 0.0222. The maximum Gasteiger partial charge on any atom is 0.472 e. The van der Waals surface area contributed by atoms with E-state index in [1.807, 2.05) is 0 Å². The molecule has 19 heteroatoms. The van der Waals surface area contributed by atoms with E-state index >= 15 is 0 Å². The molecule has 3 N–H and O–H groups in total. The zero-order valence-electron chi connectivity index (χ0n) is 65.0. The van der Waals surface area contributed by atoms with Crippen molar-refractivity contribution in [1.29, 1.82) is 0 Å². The van der Waals surface area contributed by atoms with Gasteiger partial charge in [-0.3, -0.25) is 37.3 Å². The number of aliphatic hydroxyl groups excluding tert-OH is 1. The number of ether oxygens (including phenoxy) is 4. The Bertz CT molecular complexity index is 1920. The van der Waals surface area contributed by atoms with Crippen molar-refractivity contribution >= 4 is 39.5 Å². The molecule has 0 aliphatic heterocycles. The van der Waals surface area contributed by atoms with Gasteiger partial charge in [-0.2, -0.15) is 0 Å². The van der Waals surface area contributed by atoms with Crippen molar-refractivity contribution < 1.29 is 80.2 Å². The van der Waals surface area contributed by atoms with Gasteiger partial charge < -0.3 is 33.8 Å². The number of hydrogen-bond acceptors (Lipinski definition) is 15. The van der Waals surface area contributed by atoms with E-state index < -0.39 is 97.5 Å². The lowest BCUT2D eigenvalue weighted by Crippen LogP contribution is -2.30. The highest BCUT2D eigenvalue weighted by Crippen LogP contribution is 2.45. The highest BCUT2D eigenvalue weighted by atomic mass is 31.2. The van der Waals surface area contributed by atoms with E-state index in [0.717, 1.165) is 108 Å². The summed E-state index contributed by atoms with van der Waals surface area (Å²) < 4.78 is 68.7. The van der Waals surface area contributed by atoms with Gasteiger partial charge in [-0.1, -0.05) is 363 Å². The molecule has 0 aliphatic rings. The second kappa shape index (κ2) is 70.4. The maximum absolute atomic E-state index is 13.1. The van der Waals surface area contributed by atoms with Crippen molar-refractivity contribution in [3.05, 3.63) is 0 Å². The summed E-state index contributed by atoms with van der Waals surface area (Å²) in [6, 6.07) is 0. The van der Waals surface area contributed by atoms with Crippen LogP contribution < -0.4 is 0 Å². The van der Waals surface area contributed by atoms with Gasteiger partial charge in [-0.25, -0.2) is 9.13 Å². The van der Waals surface area contributed by atoms with Gasteiger partial charge in [-0.05, 0) is 43.4 Å². The normalized spacial score (nSPS) is 14.3. The molecule has 0 spiro atoms. The fraction of sp³-hybridized carbons (Fsp3) is 0.950. The molecule has 0 radical (unpaired) electrons. The van der Waals surface area contributed by atoms with Crippen LogP contribution in [-0.4, -0.2) is 96.7 Å². The molecular weight excluding hydrogens is 1290 g/mol. The van der Waals surface area contributed by atoms with E-state index in [1.165, 1.54) is 225 Å². The first kappa shape index (κ1) is 97.1. The maximum atomic E-state index is 13.1. The Hall–Kier alpha value is -1.94. The summed E-state index contributed by atoms with van der Waals surface area (Å²) in [6.07, 6.45) is 58.1. The second-order valence-electron chi connectivity index (χ2n) is 30.0. The SMILES string of the molecule is CCCCCCCCCCCCCCCCCCCC(=O)O[C@H](COC(=O)CCCCCCCCCCCCCCC(C)C)COP(=O)(O)OC[C@@H](O)COP(=O)(O)OC[C@@H](COC(=O)CCCCCCCCCCCCC(C)C)OC(=O)CCCCCCCCCCCCC(C)CC. The van der Waals surface area contributed by atoms with Gasteiger partial charge >= 0.3 is 39.5 Å². The molecule has 6 atom stereocenters. The van der Waals surface area contributed by atoms with Crippen LogP contribution in [0.1, 0.15) is 414 Å². The topological polar surface area (TPSA) is 237 Å². The molecule has 17 nitrogen and oxygen atoms in total. The van der Waals surface area contributed by atoms with Crippen LogP contribution in [0.25, 0.3) is 0 Å². The smallest absolute Gasteiger partial charge is 0.462 e. The summed E-state index contributed by atoms with van der Waals surface area (Å²) in [6.45, 7) is 12.0. The van der Waals surface area contributed by atoms with E-state index in [2.05, 4.69) is 48.5 Å². The number of esters is 4. The second-order valence-corrected chi connectivity index (χ2v) is 32.9. The molecule has 0 rings (SSSR count). The van der Waals surface area contributed by atoms with Gasteiger partial charge in [0.1, 0.15) is 19.3 Å². The molecule has 0 saturated heterocycles. The Morgan fingerprint density at radius 3 is 0.768 bits per heavy atom. The van der Waals surface area contributed by atoms with Gasteiger partial charge in [0.05, 0.1) is 26.4 Å². The van der Waals surface area contributed by atoms with Crippen molar-refractivity contribution in [2.45, 2.75) is 433 Å². The first-order chi connectivity index (χ1) is 47.8. The van der Waals surface area contributed by atoms with Crippen LogP contribution >= 0.6 is 15.6 Å².